The number of imidazole rings is 1. The number of nitrogens with one attached hydrogen (secondary N) is 2. The van der Waals surface area contributed by atoms with Gasteiger partial charge in [-0.15, -0.1) is 0 Å². The van der Waals surface area contributed by atoms with Crippen LogP contribution in [0.15, 0.2) is 27.7 Å². The summed E-state index contributed by atoms with van der Waals surface area (Å²) in [6.07, 6.45) is 2.99. The maximum atomic E-state index is 6.23. The third-order valence-electron chi connectivity index (χ3n) is 2.57. The Morgan fingerprint density at radius 1 is 1.15 bits per heavy atom. The molecule has 0 aliphatic rings. The Bertz CT molecular complexity index is 805. The van der Waals surface area contributed by atoms with Crippen LogP contribution in [0.2, 0.25) is 10.0 Å². The van der Waals surface area contributed by atoms with Crippen LogP contribution in [0.3, 0.4) is 0 Å². The molecule has 0 saturated heterocycles. The lowest BCUT2D eigenvalue weighted by atomic mass is 10.3. The number of aromatic nitrogens is 4. The maximum absolute atomic E-state index is 6.23. The molecule has 9 heteroatoms. The third kappa shape index (κ3) is 2.39. The fourth-order valence-corrected chi connectivity index (χ4v) is 3.52. The summed E-state index contributed by atoms with van der Waals surface area (Å²) in [5, 5.41) is 4.13. The van der Waals surface area contributed by atoms with E-state index in [2.05, 4.69) is 57.1 Å². The van der Waals surface area contributed by atoms with Crippen LogP contribution in [0.1, 0.15) is 0 Å². The molecule has 3 aromatic rings. The standard InChI is InChI=1S/C11H5Br2Cl2N5/c12-4-1-5(14)8(6(13)7(4)15)20-11-9-10(17-2-16-9)18-3-19-11/h1-3H,(H2,16,17,18,19,20). The largest absolute Gasteiger partial charge is 0.336 e. The minimum Gasteiger partial charge on any atom is -0.336 e. The number of anilines is 2. The van der Waals surface area contributed by atoms with Crippen molar-refractivity contribution in [3.63, 3.8) is 0 Å². The first kappa shape index (κ1) is 14.1. The highest BCUT2D eigenvalue weighted by molar-refractivity contribution is 9.11. The molecular weight excluding hydrogens is 433 g/mol. The smallest absolute Gasteiger partial charge is 0.162 e. The molecule has 2 aromatic heterocycles. The Balaban J connectivity index is 2.12. The van der Waals surface area contributed by atoms with Gasteiger partial charge in [-0.1, -0.05) is 23.2 Å². The van der Waals surface area contributed by atoms with E-state index in [-0.39, 0.29) is 0 Å². The third-order valence-corrected chi connectivity index (χ3v) is 5.14. The van der Waals surface area contributed by atoms with Gasteiger partial charge < -0.3 is 10.3 Å². The number of benzene rings is 1. The molecule has 5 nitrogen and oxygen atoms in total. The van der Waals surface area contributed by atoms with E-state index >= 15 is 0 Å². The van der Waals surface area contributed by atoms with E-state index in [0.717, 1.165) is 0 Å². The van der Waals surface area contributed by atoms with Crippen molar-refractivity contribution in [1.82, 2.24) is 19.9 Å². The van der Waals surface area contributed by atoms with Crippen molar-refractivity contribution in [2.75, 3.05) is 5.32 Å². The van der Waals surface area contributed by atoms with Gasteiger partial charge in [0.2, 0.25) is 0 Å². The van der Waals surface area contributed by atoms with Crippen LogP contribution < -0.4 is 5.32 Å². The molecule has 0 saturated carbocycles. The molecule has 102 valence electrons. The summed E-state index contributed by atoms with van der Waals surface area (Å²) in [6, 6.07) is 1.71. The summed E-state index contributed by atoms with van der Waals surface area (Å²) in [4.78, 5) is 15.3. The molecule has 0 atom stereocenters. The van der Waals surface area contributed by atoms with Crippen LogP contribution in [0, 0.1) is 0 Å². The molecule has 3 rings (SSSR count). The summed E-state index contributed by atoms with van der Waals surface area (Å²) in [5.74, 6) is 0.539. The van der Waals surface area contributed by atoms with Gasteiger partial charge >= 0.3 is 0 Å². The number of nitrogens with zero attached hydrogens (tertiary/aromatic N) is 3. The first-order valence-corrected chi connectivity index (χ1v) is 7.66. The molecule has 0 radical (unpaired) electrons. The lowest BCUT2D eigenvalue weighted by Gasteiger charge is -2.12. The fourth-order valence-electron chi connectivity index (χ4n) is 1.66. The van der Waals surface area contributed by atoms with Crippen molar-refractivity contribution < 1.29 is 0 Å². The van der Waals surface area contributed by atoms with Gasteiger partial charge in [-0.3, -0.25) is 0 Å². The highest BCUT2D eigenvalue weighted by Crippen LogP contribution is 2.42. The molecule has 0 aliphatic heterocycles. The molecule has 0 bridgehead atoms. The number of rotatable bonds is 2. The lowest BCUT2D eigenvalue weighted by Crippen LogP contribution is -1.98. The second-order valence-corrected chi connectivity index (χ2v) is 6.22. The van der Waals surface area contributed by atoms with Crippen LogP contribution in [-0.2, 0) is 0 Å². The summed E-state index contributed by atoms with van der Waals surface area (Å²) < 4.78 is 1.34. The van der Waals surface area contributed by atoms with E-state index < -0.39 is 0 Å². The van der Waals surface area contributed by atoms with Crippen molar-refractivity contribution >= 4 is 77.7 Å². The fraction of sp³-hybridized carbons (Fsp3) is 0. The van der Waals surface area contributed by atoms with Crippen molar-refractivity contribution in [1.29, 1.82) is 0 Å². The van der Waals surface area contributed by atoms with Gasteiger partial charge in [-0.25, -0.2) is 15.0 Å². The summed E-state index contributed by atoms with van der Waals surface area (Å²) in [5.41, 5.74) is 1.87. The van der Waals surface area contributed by atoms with E-state index in [4.69, 9.17) is 23.2 Å². The first-order chi connectivity index (χ1) is 9.58. The molecule has 20 heavy (non-hydrogen) atoms. The Hall–Kier alpha value is -0.890. The quantitative estimate of drug-likeness (QED) is 0.440. The van der Waals surface area contributed by atoms with E-state index in [9.17, 15) is 0 Å². The SMILES string of the molecule is Clc1cc(Br)c(Cl)c(Br)c1Nc1ncnc2[nH]cnc12. The normalized spacial score (nSPS) is 11.0. The van der Waals surface area contributed by atoms with E-state index in [1.165, 1.54) is 6.33 Å². The average molecular weight is 438 g/mol. The Morgan fingerprint density at radius 3 is 2.75 bits per heavy atom. The monoisotopic (exact) mass is 435 g/mol. The van der Waals surface area contributed by atoms with Gasteiger partial charge in [0.15, 0.2) is 17.0 Å². The van der Waals surface area contributed by atoms with E-state index in [1.807, 2.05) is 0 Å². The highest BCUT2D eigenvalue weighted by atomic mass is 79.9. The van der Waals surface area contributed by atoms with Gasteiger partial charge in [0, 0.05) is 4.47 Å². The molecule has 0 amide bonds. The number of aromatic amines is 1. The van der Waals surface area contributed by atoms with Crippen molar-refractivity contribution in [3.8, 4) is 0 Å². The Kier molecular flexibility index (Phi) is 3.85. The zero-order chi connectivity index (χ0) is 14.3. The number of halogens is 4. The van der Waals surface area contributed by atoms with Gasteiger partial charge in [0.25, 0.3) is 0 Å². The minimum atomic E-state index is 0.496. The summed E-state index contributed by atoms with van der Waals surface area (Å²) in [7, 11) is 0. The Labute approximate surface area is 140 Å². The van der Waals surface area contributed by atoms with Gasteiger partial charge in [0.1, 0.15) is 6.33 Å². The maximum Gasteiger partial charge on any atom is 0.162 e. The number of hydrogen-bond donors (Lipinski definition) is 2. The summed E-state index contributed by atoms with van der Waals surface area (Å²) in [6.45, 7) is 0. The highest BCUT2D eigenvalue weighted by Gasteiger charge is 2.15. The van der Waals surface area contributed by atoms with Gasteiger partial charge in [-0.2, -0.15) is 0 Å². The summed E-state index contributed by atoms with van der Waals surface area (Å²) >= 11 is 19.1. The number of H-pyrrole nitrogens is 1. The zero-order valence-electron chi connectivity index (χ0n) is 9.59. The van der Waals surface area contributed by atoms with E-state index in [1.54, 1.807) is 12.4 Å². The van der Waals surface area contributed by atoms with Crippen molar-refractivity contribution in [3.05, 3.63) is 37.7 Å². The predicted octanol–water partition coefficient (Wildman–Crippen LogP) is 4.93. The van der Waals surface area contributed by atoms with Crippen LogP contribution in [0.4, 0.5) is 11.5 Å². The molecular formula is C11H5Br2Cl2N5. The topological polar surface area (TPSA) is 66.5 Å². The number of hydrogen-bond acceptors (Lipinski definition) is 4. The molecule has 0 fully saturated rings. The second-order valence-electron chi connectivity index (χ2n) is 3.79. The molecule has 2 N–H and O–H groups in total. The van der Waals surface area contributed by atoms with Crippen LogP contribution in [0.5, 0.6) is 0 Å². The first-order valence-electron chi connectivity index (χ1n) is 5.32. The minimum absolute atomic E-state index is 0.496. The number of fused-ring (bicyclic) bond motifs is 1. The van der Waals surface area contributed by atoms with Crippen LogP contribution in [-0.4, -0.2) is 19.9 Å². The second kappa shape index (κ2) is 5.48. The van der Waals surface area contributed by atoms with Crippen LogP contribution in [0.25, 0.3) is 11.2 Å². The Morgan fingerprint density at radius 2 is 1.95 bits per heavy atom. The molecule has 1 aromatic carbocycles. The molecule has 0 aliphatic carbocycles. The van der Waals surface area contributed by atoms with Crippen molar-refractivity contribution in [2.24, 2.45) is 0 Å². The zero-order valence-corrected chi connectivity index (χ0v) is 14.3. The van der Waals surface area contributed by atoms with Gasteiger partial charge in [0.05, 0.1) is 26.5 Å². The average Bonchev–Trinajstić information content (AvgIpc) is 2.90. The lowest BCUT2D eigenvalue weighted by molar-refractivity contribution is 1.20. The van der Waals surface area contributed by atoms with Crippen LogP contribution >= 0.6 is 55.1 Å². The molecule has 0 spiro atoms. The predicted molar refractivity (Wildman–Crippen MR) is 86.8 cm³/mol. The van der Waals surface area contributed by atoms with Crippen molar-refractivity contribution in [2.45, 2.75) is 0 Å². The van der Waals surface area contributed by atoms with E-state index in [0.29, 0.717) is 41.7 Å². The van der Waals surface area contributed by atoms with Gasteiger partial charge in [-0.05, 0) is 37.9 Å². The molecule has 2 heterocycles. The molecule has 0 unspecified atom stereocenters.